The van der Waals surface area contributed by atoms with Crippen LogP contribution in [0.5, 0.6) is 5.75 Å². The smallest absolute Gasteiger partial charge is 0.410 e. The summed E-state index contributed by atoms with van der Waals surface area (Å²) in [5, 5.41) is 11.8. The number of nitro groups is 1. The minimum atomic E-state index is -4.53. The Balaban J connectivity index is 0.000000754. The van der Waals surface area contributed by atoms with Crippen molar-refractivity contribution in [2.24, 2.45) is 5.73 Å². The van der Waals surface area contributed by atoms with Crippen molar-refractivity contribution >= 4 is 11.8 Å². The number of nitrogens with zero attached hydrogens (tertiary/aromatic N) is 1. The lowest BCUT2D eigenvalue weighted by Crippen LogP contribution is -2.35. The standard InChI is InChI=1S/C9H7F3N2O4.C2H4F3N/c10-9(11,12)5-13-8(15)18-7-3-1-6(2-4-7)14(16)17;3-2(4,5)1-6/h1-4H,5H2,(H,13,15);1,6H2. The molecule has 0 aromatic heterocycles. The van der Waals surface area contributed by atoms with E-state index in [1.165, 1.54) is 5.32 Å². The zero-order chi connectivity index (χ0) is 19.0. The third-order valence-electron chi connectivity index (χ3n) is 1.92. The third kappa shape index (κ3) is 11.1. The summed E-state index contributed by atoms with van der Waals surface area (Å²) in [6, 6.07) is 4.33. The van der Waals surface area contributed by atoms with Crippen molar-refractivity contribution < 1.29 is 40.8 Å². The highest BCUT2D eigenvalue weighted by Crippen LogP contribution is 2.17. The molecule has 0 heterocycles. The van der Waals surface area contributed by atoms with Gasteiger partial charge in [-0.2, -0.15) is 26.3 Å². The SMILES string of the molecule is NCC(F)(F)F.O=C(NCC(F)(F)F)Oc1ccc([N+](=O)[O-])cc1. The number of alkyl halides is 6. The van der Waals surface area contributed by atoms with E-state index in [0.29, 0.717) is 0 Å². The fraction of sp³-hybridized carbons (Fsp3) is 0.364. The van der Waals surface area contributed by atoms with E-state index in [4.69, 9.17) is 0 Å². The van der Waals surface area contributed by atoms with Gasteiger partial charge in [0.15, 0.2) is 0 Å². The van der Waals surface area contributed by atoms with Gasteiger partial charge in [-0.3, -0.25) is 10.1 Å². The lowest BCUT2D eigenvalue weighted by Gasteiger charge is -2.08. The van der Waals surface area contributed by atoms with Gasteiger partial charge in [0.25, 0.3) is 5.69 Å². The van der Waals surface area contributed by atoms with E-state index in [1.54, 1.807) is 0 Å². The van der Waals surface area contributed by atoms with Gasteiger partial charge in [0.2, 0.25) is 0 Å². The van der Waals surface area contributed by atoms with Crippen molar-refractivity contribution in [1.29, 1.82) is 0 Å². The van der Waals surface area contributed by atoms with Crippen LogP contribution in [0.2, 0.25) is 0 Å². The molecule has 1 amide bonds. The van der Waals surface area contributed by atoms with Crippen molar-refractivity contribution in [3.63, 3.8) is 0 Å². The van der Waals surface area contributed by atoms with Crippen LogP contribution < -0.4 is 15.8 Å². The summed E-state index contributed by atoms with van der Waals surface area (Å²) in [6.07, 6.45) is -10.0. The second kappa shape index (κ2) is 8.90. The Bertz CT molecular complexity index is 544. The summed E-state index contributed by atoms with van der Waals surface area (Å²) < 4.78 is 71.7. The molecule has 0 aliphatic heterocycles. The normalized spacial score (nSPS) is 11.1. The molecule has 1 aromatic rings. The molecule has 0 spiro atoms. The van der Waals surface area contributed by atoms with Crippen molar-refractivity contribution in [2.45, 2.75) is 12.4 Å². The molecule has 3 N–H and O–H groups in total. The summed E-state index contributed by atoms with van der Waals surface area (Å²) in [5.74, 6) is -0.0970. The molecule has 7 nitrogen and oxygen atoms in total. The number of rotatable bonds is 3. The van der Waals surface area contributed by atoms with E-state index in [2.05, 4.69) is 10.5 Å². The molecule has 136 valence electrons. The number of carbonyl (C=O) groups is 1. The Morgan fingerprint density at radius 3 is 1.92 bits per heavy atom. The van der Waals surface area contributed by atoms with Crippen molar-refractivity contribution in [3.05, 3.63) is 34.4 Å². The van der Waals surface area contributed by atoms with Gasteiger partial charge in [-0.1, -0.05) is 0 Å². The maximum atomic E-state index is 11.8. The Morgan fingerprint density at radius 2 is 1.58 bits per heavy atom. The first-order valence-corrected chi connectivity index (χ1v) is 5.88. The maximum Gasteiger partial charge on any atom is 0.412 e. The van der Waals surface area contributed by atoms with Crippen molar-refractivity contribution in [1.82, 2.24) is 5.32 Å². The molecule has 24 heavy (non-hydrogen) atoms. The Morgan fingerprint density at radius 1 is 1.12 bits per heavy atom. The second-order valence-corrected chi connectivity index (χ2v) is 3.93. The first-order chi connectivity index (χ1) is 10.8. The number of halogens is 6. The summed E-state index contributed by atoms with van der Waals surface area (Å²) in [4.78, 5) is 20.6. The molecule has 0 saturated heterocycles. The van der Waals surface area contributed by atoms with Gasteiger partial charge in [-0.15, -0.1) is 0 Å². The molecule has 13 heteroatoms. The molecule has 1 rings (SSSR count). The van der Waals surface area contributed by atoms with Crippen LogP contribution >= 0.6 is 0 Å². The molecule has 0 aliphatic carbocycles. The van der Waals surface area contributed by atoms with Gasteiger partial charge < -0.3 is 15.8 Å². The number of hydrogen-bond acceptors (Lipinski definition) is 5. The fourth-order valence-corrected chi connectivity index (χ4v) is 0.951. The largest absolute Gasteiger partial charge is 0.412 e. The predicted molar refractivity (Wildman–Crippen MR) is 68.3 cm³/mol. The van der Waals surface area contributed by atoms with Crippen LogP contribution in [0.4, 0.5) is 36.8 Å². The van der Waals surface area contributed by atoms with Gasteiger partial charge in [-0.25, -0.2) is 4.79 Å². The summed E-state index contributed by atoms with van der Waals surface area (Å²) >= 11 is 0. The molecule has 0 radical (unpaired) electrons. The van der Waals surface area contributed by atoms with Crippen LogP contribution in [0.1, 0.15) is 0 Å². The lowest BCUT2D eigenvalue weighted by atomic mass is 10.3. The van der Waals surface area contributed by atoms with E-state index >= 15 is 0 Å². The number of non-ortho nitro benzene ring substituents is 1. The number of benzene rings is 1. The highest BCUT2D eigenvalue weighted by molar-refractivity contribution is 5.70. The highest BCUT2D eigenvalue weighted by Gasteiger charge is 2.28. The van der Waals surface area contributed by atoms with Gasteiger partial charge in [0.1, 0.15) is 12.3 Å². The zero-order valence-electron chi connectivity index (χ0n) is 11.6. The number of amides is 1. The number of hydrogen-bond donors (Lipinski definition) is 2. The van der Waals surface area contributed by atoms with Crippen LogP contribution in [0.3, 0.4) is 0 Å². The van der Waals surface area contributed by atoms with Crippen LogP contribution in [0, 0.1) is 10.1 Å². The highest BCUT2D eigenvalue weighted by atomic mass is 19.4. The average Bonchev–Trinajstić information content (AvgIpc) is 2.45. The predicted octanol–water partition coefficient (Wildman–Crippen LogP) is 2.75. The van der Waals surface area contributed by atoms with E-state index in [9.17, 15) is 41.3 Å². The fourth-order valence-electron chi connectivity index (χ4n) is 0.951. The van der Waals surface area contributed by atoms with Crippen LogP contribution in [-0.4, -0.2) is 36.5 Å². The number of ether oxygens (including phenoxy) is 1. The Kier molecular flexibility index (Phi) is 7.95. The molecule has 0 saturated carbocycles. The molecule has 0 aliphatic rings. The number of nitrogens with one attached hydrogen (secondary N) is 1. The molecule has 0 fully saturated rings. The van der Waals surface area contributed by atoms with Crippen LogP contribution in [-0.2, 0) is 0 Å². The monoisotopic (exact) mass is 363 g/mol. The number of nitro benzene ring substituents is 1. The second-order valence-electron chi connectivity index (χ2n) is 3.93. The minimum Gasteiger partial charge on any atom is -0.410 e. The quantitative estimate of drug-likeness (QED) is 0.488. The van der Waals surface area contributed by atoms with Gasteiger partial charge in [0, 0.05) is 12.1 Å². The van der Waals surface area contributed by atoms with Gasteiger partial charge in [-0.05, 0) is 12.1 Å². The first-order valence-electron chi connectivity index (χ1n) is 5.88. The molecule has 1 aromatic carbocycles. The van der Waals surface area contributed by atoms with Crippen molar-refractivity contribution in [3.8, 4) is 5.75 Å². The van der Waals surface area contributed by atoms with Gasteiger partial charge >= 0.3 is 18.4 Å². The molecule has 0 bridgehead atoms. The van der Waals surface area contributed by atoms with E-state index in [1.807, 2.05) is 0 Å². The Hall–Kier alpha value is -2.57. The summed E-state index contributed by atoms with van der Waals surface area (Å²) in [7, 11) is 0. The molecule has 0 atom stereocenters. The minimum absolute atomic E-state index is 0.0970. The lowest BCUT2D eigenvalue weighted by molar-refractivity contribution is -0.384. The molecule has 0 unspecified atom stereocenters. The third-order valence-corrected chi connectivity index (χ3v) is 1.92. The average molecular weight is 363 g/mol. The van der Waals surface area contributed by atoms with Gasteiger partial charge in [0.05, 0.1) is 11.5 Å². The summed E-state index contributed by atoms with van der Waals surface area (Å²) in [5.41, 5.74) is 3.96. The topological polar surface area (TPSA) is 107 Å². The van der Waals surface area contributed by atoms with Crippen molar-refractivity contribution in [2.75, 3.05) is 13.1 Å². The zero-order valence-corrected chi connectivity index (χ0v) is 11.6. The van der Waals surface area contributed by atoms with E-state index in [-0.39, 0.29) is 11.4 Å². The first kappa shape index (κ1) is 21.4. The number of nitrogens with two attached hydrogens (primary N) is 1. The number of carbonyl (C=O) groups excluding carboxylic acids is 1. The summed E-state index contributed by atoms with van der Waals surface area (Å²) in [6.45, 7) is -2.74. The molecular weight excluding hydrogens is 352 g/mol. The Labute approximate surface area is 130 Å². The van der Waals surface area contributed by atoms with Crippen LogP contribution in [0.25, 0.3) is 0 Å². The van der Waals surface area contributed by atoms with E-state index in [0.717, 1.165) is 24.3 Å². The molecular formula is C11H11F6N3O4. The maximum absolute atomic E-state index is 11.8. The van der Waals surface area contributed by atoms with Crippen LogP contribution in [0.15, 0.2) is 24.3 Å². The van der Waals surface area contributed by atoms with E-state index < -0.39 is 36.5 Å².